The van der Waals surface area contributed by atoms with Crippen molar-refractivity contribution in [2.24, 2.45) is 11.8 Å². The van der Waals surface area contributed by atoms with Crippen molar-refractivity contribution in [2.75, 3.05) is 0 Å². The van der Waals surface area contributed by atoms with Gasteiger partial charge in [-0.25, -0.2) is 0 Å². The lowest BCUT2D eigenvalue weighted by atomic mass is 9.83. The molecule has 3 nitrogen and oxygen atoms in total. The van der Waals surface area contributed by atoms with Crippen LogP contribution in [0.3, 0.4) is 0 Å². The Hall–Kier alpha value is -0.830. The van der Waals surface area contributed by atoms with Crippen molar-refractivity contribution in [3.63, 3.8) is 0 Å². The fraction of sp³-hybridized carbons (Fsp3) is 0.750. The molecule has 0 aromatic rings. The van der Waals surface area contributed by atoms with Crippen LogP contribution >= 0.6 is 0 Å². The van der Waals surface area contributed by atoms with Crippen LogP contribution < -0.4 is 0 Å². The molecule has 0 heterocycles. The Morgan fingerprint density at radius 2 is 2.13 bits per heavy atom. The molecule has 1 fully saturated rings. The van der Waals surface area contributed by atoms with E-state index in [9.17, 15) is 9.90 Å². The molecule has 3 atom stereocenters. The van der Waals surface area contributed by atoms with Gasteiger partial charge in [0.05, 0.1) is 5.60 Å². The molecule has 1 rings (SSSR count). The Kier molecular flexibility index (Phi) is 3.55. The zero-order valence-corrected chi connectivity index (χ0v) is 9.49. The maximum Gasteiger partial charge on any atom is 0.303 e. The largest absolute Gasteiger partial charge is 0.481 e. The molecular formula is C12H20O3. The lowest BCUT2D eigenvalue weighted by Gasteiger charge is -2.26. The van der Waals surface area contributed by atoms with Gasteiger partial charge in [0.25, 0.3) is 0 Å². The second-order valence-corrected chi connectivity index (χ2v) is 4.84. The fourth-order valence-corrected chi connectivity index (χ4v) is 2.37. The zero-order valence-electron chi connectivity index (χ0n) is 9.49. The summed E-state index contributed by atoms with van der Waals surface area (Å²) in [7, 11) is 0. The smallest absolute Gasteiger partial charge is 0.303 e. The predicted octanol–water partition coefficient (Wildman–Crippen LogP) is 2.20. The van der Waals surface area contributed by atoms with Crippen LogP contribution in [0.1, 0.15) is 39.5 Å². The van der Waals surface area contributed by atoms with Crippen LogP contribution in [0.2, 0.25) is 0 Å². The lowest BCUT2D eigenvalue weighted by Crippen LogP contribution is -2.29. The quantitative estimate of drug-likeness (QED) is 0.702. The average Bonchev–Trinajstić information content (AvgIpc) is 2.39. The number of aliphatic carboxylic acids is 1. The van der Waals surface area contributed by atoms with Gasteiger partial charge in [0.15, 0.2) is 0 Å². The van der Waals surface area contributed by atoms with Gasteiger partial charge < -0.3 is 10.2 Å². The summed E-state index contributed by atoms with van der Waals surface area (Å²) in [5.74, 6) is -0.327. The number of hydrogen-bond acceptors (Lipinski definition) is 2. The molecule has 0 unspecified atom stereocenters. The highest BCUT2D eigenvalue weighted by atomic mass is 16.4. The second-order valence-electron chi connectivity index (χ2n) is 4.84. The van der Waals surface area contributed by atoms with Crippen molar-refractivity contribution in [1.29, 1.82) is 0 Å². The van der Waals surface area contributed by atoms with Crippen LogP contribution in [0.25, 0.3) is 0 Å². The van der Waals surface area contributed by atoms with Gasteiger partial charge in [-0.15, -0.1) is 0 Å². The van der Waals surface area contributed by atoms with Crippen LogP contribution in [0.4, 0.5) is 0 Å². The Labute approximate surface area is 90.8 Å². The van der Waals surface area contributed by atoms with Gasteiger partial charge in [-0.1, -0.05) is 19.1 Å². The molecule has 86 valence electrons. The molecule has 0 aliphatic heterocycles. The molecule has 0 saturated heterocycles. The van der Waals surface area contributed by atoms with E-state index in [-0.39, 0.29) is 18.3 Å². The Morgan fingerprint density at radius 3 is 2.53 bits per heavy atom. The van der Waals surface area contributed by atoms with Crippen LogP contribution in [-0.2, 0) is 4.79 Å². The molecule has 0 aromatic carbocycles. The Bertz CT molecular complexity index is 268. The third kappa shape index (κ3) is 2.81. The molecule has 1 aliphatic rings. The van der Waals surface area contributed by atoms with E-state index in [2.05, 4.69) is 6.58 Å². The summed E-state index contributed by atoms with van der Waals surface area (Å²) in [4.78, 5) is 10.4. The van der Waals surface area contributed by atoms with E-state index in [0.717, 1.165) is 18.4 Å². The minimum absolute atomic E-state index is 0.143. The van der Waals surface area contributed by atoms with E-state index in [1.165, 1.54) is 0 Å². The van der Waals surface area contributed by atoms with Gasteiger partial charge >= 0.3 is 5.97 Å². The van der Waals surface area contributed by atoms with E-state index in [0.29, 0.717) is 6.42 Å². The molecule has 1 saturated carbocycles. The van der Waals surface area contributed by atoms with Crippen molar-refractivity contribution in [1.82, 2.24) is 0 Å². The molecule has 3 heteroatoms. The first-order valence-electron chi connectivity index (χ1n) is 5.46. The average molecular weight is 212 g/mol. The predicted molar refractivity (Wildman–Crippen MR) is 58.5 cm³/mol. The SMILES string of the molecule is C=C(CCC(=O)O)[C@@H]1CC[C@@](C)(O)[C@H]1C. The third-order valence-corrected chi connectivity index (χ3v) is 3.73. The summed E-state index contributed by atoms with van der Waals surface area (Å²) in [5, 5.41) is 18.6. The van der Waals surface area contributed by atoms with Gasteiger partial charge in [-0.3, -0.25) is 4.79 Å². The Morgan fingerprint density at radius 1 is 1.53 bits per heavy atom. The molecule has 0 bridgehead atoms. The van der Waals surface area contributed by atoms with E-state index in [4.69, 9.17) is 5.11 Å². The van der Waals surface area contributed by atoms with E-state index in [1.54, 1.807) is 0 Å². The number of hydrogen-bond donors (Lipinski definition) is 2. The first-order valence-corrected chi connectivity index (χ1v) is 5.46. The van der Waals surface area contributed by atoms with Crippen molar-refractivity contribution in [3.05, 3.63) is 12.2 Å². The minimum atomic E-state index is -0.784. The lowest BCUT2D eigenvalue weighted by molar-refractivity contribution is -0.136. The first kappa shape index (κ1) is 12.2. The molecule has 1 aliphatic carbocycles. The van der Waals surface area contributed by atoms with Crippen LogP contribution in [0.15, 0.2) is 12.2 Å². The van der Waals surface area contributed by atoms with Crippen molar-refractivity contribution >= 4 is 5.97 Å². The zero-order chi connectivity index (χ0) is 11.6. The summed E-state index contributed by atoms with van der Waals surface area (Å²) < 4.78 is 0. The number of carboxylic acids is 1. The molecule has 0 aromatic heterocycles. The number of carbonyl (C=O) groups is 1. The maximum atomic E-state index is 10.4. The summed E-state index contributed by atoms with van der Waals surface area (Å²) in [5.41, 5.74) is 0.360. The summed E-state index contributed by atoms with van der Waals surface area (Å²) in [6, 6.07) is 0. The number of allylic oxidation sites excluding steroid dienone is 1. The fourth-order valence-electron chi connectivity index (χ4n) is 2.37. The van der Waals surface area contributed by atoms with Crippen LogP contribution in [0, 0.1) is 11.8 Å². The highest BCUT2D eigenvalue weighted by Crippen LogP contribution is 2.43. The van der Waals surface area contributed by atoms with Crippen LogP contribution in [0.5, 0.6) is 0 Å². The van der Waals surface area contributed by atoms with Gasteiger partial charge in [0, 0.05) is 6.42 Å². The van der Waals surface area contributed by atoms with Crippen molar-refractivity contribution < 1.29 is 15.0 Å². The van der Waals surface area contributed by atoms with Gasteiger partial charge in [0.2, 0.25) is 0 Å². The number of rotatable bonds is 4. The van der Waals surface area contributed by atoms with E-state index < -0.39 is 11.6 Å². The van der Waals surface area contributed by atoms with Gasteiger partial charge in [-0.2, -0.15) is 0 Å². The highest BCUT2D eigenvalue weighted by Gasteiger charge is 2.41. The number of carboxylic acid groups (broad SMARTS) is 1. The summed E-state index contributed by atoms with van der Waals surface area (Å²) >= 11 is 0. The molecule has 0 radical (unpaired) electrons. The van der Waals surface area contributed by atoms with Crippen LogP contribution in [-0.4, -0.2) is 21.8 Å². The standard InChI is InChI=1S/C12H20O3/c1-8(4-5-11(13)14)10-6-7-12(3,15)9(10)2/h9-10,15H,1,4-7H2,2-3H3,(H,13,14)/t9-,10-,12+/m0/s1. The molecule has 0 spiro atoms. The Balaban J connectivity index is 2.52. The normalized spacial score (nSPS) is 35.4. The number of aliphatic hydroxyl groups is 1. The summed E-state index contributed by atoms with van der Waals surface area (Å²) in [6.45, 7) is 7.82. The topological polar surface area (TPSA) is 57.5 Å². The molecule has 0 amide bonds. The minimum Gasteiger partial charge on any atom is -0.481 e. The first-order chi connectivity index (χ1) is 6.84. The third-order valence-electron chi connectivity index (χ3n) is 3.73. The van der Waals surface area contributed by atoms with Gasteiger partial charge in [-0.05, 0) is 38.0 Å². The monoisotopic (exact) mass is 212 g/mol. The van der Waals surface area contributed by atoms with E-state index in [1.807, 2.05) is 13.8 Å². The molecule has 15 heavy (non-hydrogen) atoms. The molecular weight excluding hydrogens is 192 g/mol. The summed E-state index contributed by atoms with van der Waals surface area (Å²) in [6.07, 6.45) is 2.38. The van der Waals surface area contributed by atoms with Gasteiger partial charge in [0.1, 0.15) is 0 Å². The van der Waals surface area contributed by atoms with Crippen molar-refractivity contribution in [3.8, 4) is 0 Å². The second kappa shape index (κ2) is 4.35. The van der Waals surface area contributed by atoms with E-state index >= 15 is 0 Å². The highest BCUT2D eigenvalue weighted by molar-refractivity contribution is 5.67. The van der Waals surface area contributed by atoms with Crippen molar-refractivity contribution in [2.45, 2.75) is 45.1 Å². The maximum absolute atomic E-state index is 10.4. The molecule has 2 N–H and O–H groups in total.